The molecule has 0 aromatic heterocycles. The van der Waals surface area contributed by atoms with E-state index in [-0.39, 0.29) is 11.8 Å². The van der Waals surface area contributed by atoms with Crippen molar-refractivity contribution in [2.24, 2.45) is 11.7 Å². The Morgan fingerprint density at radius 2 is 2.11 bits per heavy atom. The van der Waals surface area contributed by atoms with E-state index >= 15 is 0 Å². The lowest BCUT2D eigenvalue weighted by atomic mass is 10.0. The summed E-state index contributed by atoms with van der Waals surface area (Å²) in [5, 5.41) is 0. The number of amides is 1. The molecule has 1 rings (SSSR count). The van der Waals surface area contributed by atoms with E-state index < -0.39 is 0 Å². The molecule has 0 aliphatic heterocycles. The first-order valence-corrected chi connectivity index (χ1v) is 7.16. The molecule has 3 heteroatoms. The van der Waals surface area contributed by atoms with E-state index in [1.165, 1.54) is 11.1 Å². The summed E-state index contributed by atoms with van der Waals surface area (Å²) in [7, 11) is 0. The predicted molar refractivity (Wildman–Crippen MR) is 79.7 cm³/mol. The number of carbonyl (C=O) groups excluding carboxylic acids is 1. The summed E-state index contributed by atoms with van der Waals surface area (Å²) in [6, 6.07) is 8.31. The fraction of sp³-hybridized carbons (Fsp3) is 0.562. The van der Waals surface area contributed by atoms with Crippen LogP contribution < -0.4 is 5.73 Å². The van der Waals surface area contributed by atoms with Crippen LogP contribution in [0.3, 0.4) is 0 Å². The lowest BCUT2D eigenvalue weighted by molar-refractivity contribution is -0.135. The molecule has 1 aromatic carbocycles. The Morgan fingerprint density at radius 1 is 1.37 bits per heavy atom. The zero-order valence-electron chi connectivity index (χ0n) is 12.4. The second-order valence-corrected chi connectivity index (χ2v) is 5.06. The van der Waals surface area contributed by atoms with Crippen LogP contribution in [0.5, 0.6) is 0 Å². The predicted octanol–water partition coefficient (Wildman–Crippen LogP) is 2.72. The second-order valence-electron chi connectivity index (χ2n) is 5.06. The first-order valence-electron chi connectivity index (χ1n) is 7.16. The van der Waals surface area contributed by atoms with Crippen LogP contribution in [0.2, 0.25) is 0 Å². The Balaban J connectivity index is 2.74. The summed E-state index contributed by atoms with van der Waals surface area (Å²) in [4.78, 5) is 14.3. The van der Waals surface area contributed by atoms with Crippen molar-refractivity contribution in [2.75, 3.05) is 13.1 Å². The molecule has 0 fully saturated rings. The molecule has 0 spiro atoms. The van der Waals surface area contributed by atoms with Gasteiger partial charge in [0.15, 0.2) is 0 Å². The maximum absolute atomic E-state index is 12.4. The number of nitrogens with zero attached hydrogens (tertiary/aromatic N) is 1. The molecule has 1 amide bonds. The quantitative estimate of drug-likeness (QED) is 0.821. The topological polar surface area (TPSA) is 46.3 Å². The Bertz CT molecular complexity index is 403. The van der Waals surface area contributed by atoms with Crippen LogP contribution >= 0.6 is 0 Å². The van der Waals surface area contributed by atoms with Gasteiger partial charge in [-0.05, 0) is 25.8 Å². The van der Waals surface area contributed by atoms with E-state index in [2.05, 4.69) is 32.0 Å². The molecule has 0 bridgehead atoms. The summed E-state index contributed by atoms with van der Waals surface area (Å²) in [6.45, 7) is 8.03. The number of hydrogen-bond donors (Lipinski definition) is 1. The molecule has 0 aliphatic carbocycles. The Labute approximate surface area is 116 Å². The Kier molecular flexibility index (Phi) is 6.57. The van der Waals surface area contributed by atoms with Crippen LogP contribution in [0.25, 0.3) is 0 Å². The molecule has 3 nitrogen and oxygen atoms in total. The molecule has 0 saturated heterocycles. The summed E-state index contributed by atoms with van der Waals surface area (Å²) < 4.78 is 0. The summed E-state index contributed by atoms with van der Waals surface area (Å²) >= 11 is 0. The minimum atomic E-state index is -0.0326. The number of hydrogen-bond acceptors (Lipinski definition) is 2. The van der Waals surface area contributed by atoms with Gasteiger partial charge in [0.1, 0.15) is 0 Å². The smallest absolute Gasteiger partial charge is 0.227 e. The summed E-state index contributed by atoms with van der Waals surface area (Å²) in [6.07, 6.45) is 1.87. The largest absolute Gasteiger partial charge is 0.338 e. The van der Waals surface area contributed by atoms with Gasteiger partial charge in [0.25, 0.3) is 0 Å². The second kappa shape index (κ2) is 7.95. The number of nitrogens with two attached hydrogens (primary N) is 1. The van der Waals surface area contributed by atoms with Crippen molar-refractivity contribution in [1.29, 1.82) is 0 Å². The van der Waals surface area contributed by atoms with Crippen LogP contribution in [0.15, 0.2) is 24.3 Å². The highest BCUT2D eigenvalue weighted by Crippen LogP contribution is 2.13. The monoisotopic (exact) mass is 262 g/mol. The summed E-state index contributed by atoms with van der Waals surface area (Å²) in [5.41, 5.74) is 8.13. The first kappa shape index (κ1) is 15.7. The van der Waals surface area contributed by atoms with Crippen LogP contribution in [-0.2, 0) is 11.3 Å². The lowest BCUT2D eigenvalue weighted by Crippen LogP contribution is -2.38. The number of benzene rings is 1. The van der Waals surface area contributed by atoms with Crippen molar-refractivity contribution in [3.8, 4) is 0 Å². The van der Waals surface area contributed by atoms with E-state index in [0.717, 1.165) is 19.4 Å². The van der Waals surface area contributed by atoms with Crippen molar-refractivity contribution in [3.05, 3.63) is 35.4 Å². The van der Waals surface area contributed by atoms with E-state index in [4.69, 9.17) is 5.73 Å². The van der Waals surface area contributed by atoms with Crippen LogP contribution in [0.4, 0.5) is 0 Å². The molecule has 1 atom stereocenters. The van der Waals surface area contributed by atoms with Crippen molar-refractivity contribution >= 4 is 5.91 Å². The van der Waals surface area contributed by atoms with Crippen molar-refractivity contribution in [3.63, 3.8) is 0 Å². The molecular formula is C16H26N2O. The van der Waals surface area contributed by atoms with Gasteiger partial charge in [0, 0.05) is 19.6 Å². The third kappa shape index (κ3) is 4.67. The van der Waals surface area contributed by atoms with Gasteiger partial charge in [-0.1, -0.05) is 43.2 Å². The van der Waals surface area contributed by atoms with Crippen molar-refractivity contribution in [2.45, 2.75) is 40.2 Å². The third-order valence-electron chi connectivity index (χ3n) is 3.42. The molecule has 106 valence electrons. The maximum Gasteiger partial charge on any atom is 0.227 e. The fourth-order valence-electron chi connectivity index (χ4n) is 2.33. The van der Waals surface area contributed by atoms with Gasteiger partial charge in [-0.3, -0.25) is 4.79 Å². The van der Waals surface area contributed by atoms with Gasteiger partial charge in [-0.2, -0.15) is 0 Å². The van der Waals surface area contributed by atoms with E-state index in [9.17, 15) is 4.79 Å². The lowest BCUT2D eigenvalue weighted by Gasteiger charge is -2.25. The molecule has 19 heavy (non-hydrogen) atoms. The van der Waals surface area contributed by atoms with Crippen LogP contribution in [-0.4, -0.2) is 23.9 Å². The van der Waals surface area contributed by atoms with Crippen LogP contribution in [0.1, 0.15) is 37.8 Å². The first-order chi connectivity index (χ1) is 9.12. The van der Waals surface area contributed by atoms with Gasteiger partial charge in [-0.25, -0.2) is 0 Å². The molecule has 0 aliphatic rings. The molecule has 2 N–H and O–H groups in total. The zero-order valence-corrected chi connectivity index (χ0v) is 12.4. The van der Waals surface area contributed by atoms with Crippen molar-refractivity contribution < 1.29 is 4.79 Å². The SMILES string of the molecule is CCCC(CN)C(=O)N(CC)Cc1cccc(C)c1. The molecule has 0 radical (unpaired) electrons. The minimum absolute atomic E-state index is 0.0326. The highest BCUT2D eigenvalue weighted by atomic mass is 16.2. The van der Waals surface area contributed by atoms with E-state index in [1.54, 1.807) is 0 Å². The zero-order chi connectivity index (χ0) is 14.3. The molecule has 1 aromatic rings. The number of carbonyl (C=O) groups is 1. The van der Waals surface area contributed by atoms with Gasteiger partial charge < -0.3 is 10.6 Å². The van der Waals surface area contributed by atoms with Gasteiger partial charge in [0.05, 0.1) is 5.92 Å². The number of rotatable bonds is 7. The van der Waals surface area contributed by atoms with Crippen molar-refractivity contribution in [1.82, 2.24) is 4.90 Å². The van der Waals surface area contributed by atoms with Crippen LogP contribution in [0, 0.1) is 12.8 Å². The Hall–Kier alpha value is -1.35. The highest BCUT2D eigenvalue weighted by Gasteiger charge is 2.21. The molecule has 1 unspecified atom stereocenters. The standard InChI is InChI=1S/C16H26N2O/c1-4-7-15(11-17)16(19)18(5-2)12-14-9-6-8-13(3)10-14/h6,8-10,15H,4-5,7,11-12,17H2,1-3H3. The fourth-order valence-corrected chi connectivity index (χ4v) is 2.33. The average Bonchev–Trinajstić information content (AvgIpc) is 2.41. The van der Waals surface area contributed by atoms with Gasteiger partial charge >= 0.3 is 0 Å². The van der Waals surface area contributed by atoms with E-state index in [0.29, 0.717) is 13.1 Å². The normalized spacial score (nSPS) is 12.2. The Morgan fingerprint density at radius 3 is 2.63 bits per heavy atom. The molecular weight excluding hydrogens is 236 g/mol. The van der Waals surface area contributed by atoms with Gasteiger partial charge in [0.2, 0.25) is 5.91 Å². The highest BCUT2D eigenvalue weighted by molar-refractivity contribution is 5.79. The number of aryl methyl sites for hydroxylation is 1. The van der Waals surface area contributed by atoms with Gasteiger partial charge in [-0.15, -0.1) is 0 Å². The molecule has 0 saturated carbocycles. The maximum atomic E-state index is 12.4. The molecule has 0 heterocycles. The van der Waals surface area contributed by atoms with E-state index in [1.807, 2.05) is 17.9 Å². The summed E-state index contributed by atoms with van der Waals surface area (Å²) in [5.74, 6) is 0.156. The third-order valence-corrected chi connectivity index (χ3v) is 3.42. The average molecular weight is 262 g/mol. The minimum Gasteiger partial charge on any atom is -0.338 e.